The summed E-state index contributed by atoms with van der Waals surface area (Å²) in [4.78, 5) is 22.6. The molecule has 3 aliphatic carbocycles. The lowest BCUT2D eigenvalue weighted by Gasteiger charge is -2.51. The standard InChI is InChI=1S/C17H18F3N5O3/c18-17(19,20)10-7-21-11(22-8-10)12-24-13(28-25-12)16-4-1-15(2-5-16,3-6-16)9-23-14(26)27/h7-8,23H,1-6,9H2,(H,26,27). The maximum absolute atomic E-state index is 12.6. The largest absolute Gasteiger partial charge is 0.465 e. The van der Waals surface area contributed by atoms with Crippen molar-refractivity contribution in [1.29, 1.82) is 0 Å². The van der Waals surface area contributed by atoms with Gasteiger partial charge < -0.3 is 14.9 Å². The van der Waals surface area contributed by atoms with Crippen LogP contribution in [0.1, 0.15) is 50.0 Å². The molecule has 11 heteroatoms. The Bertz CT molecular complexity index is 856. The van der Waals surface area contributed by atoms with Gasteiger partial charge in [0.25, 0.3) is 0 Å². The number of fused-ring (bicyclic) bond motifs is 3. The third-order valence-corrected chi connectivity index (χ3v) is 6.08. The molecule has 0 aliphatic heterocycles. The lowest BCUT2D eigenvalue weighted by molar-refractivity contribution is -0.138. The molecule has 3 saturated carbocycles. The van der Waals surface area contributed by atoms with E-state index in [0.29, 0.717) is 24.8 Å². The molecule has 2 heterocycles. The van der Waals surface area contributed by atoms with E-state index in [1.807, 2.05) is 0 Å². The summed E-state index contributed by atoms with van der Waals surface area (Å²) >= 11 is 0. The number of nitrogens with zero attached hydrogens (tertiary/aromatic N) is 4. The number of hydrogen-bond donors (Lipinski definition) is 2. The van der Waals surface area contributed by atoms with Gasteiger partial charge in [-0.1, -0.05) is 5.16 Å². The quantitative estimate of drug-likeness (QED) is 0.813. The SMILES string of the molecule is O=C(O)NCC12CCC(c3nc(-c4ncc(C(F)(F)F)cn4)no3)(CC1)CC2. The second-order valence-electron chi connectivity index (χ2n) is 7.66. The molecule has 0 spiro atoms. The lowest BCUT2D eigenvalue weighted by Crippen LogP contribution is -2.49. The van der Waals surface area contributed by atoms with Crippen LogP contribution in [0.15, 0.2) is 16.9 Å². The molecule has 1 amide bonds. The zero-order chi connectivity index (χ0) is 20.0. The molecule has 0 aromatic carbocycles. The first-order chi connectivity index (χ1) is 13.2. The van der Waals surface area contributed by atoms with E-state index >= 15 is 0 Å². The summed E-state index contributed by atoms with van der Waals surface area (Å²) in [5.74, 6) is 0.490. The van der Waals surface area contributed by atoms with Crippen molar-refractivity contribution in [1.82, 2.24) is 25.4 Å². The van der Waals surface area contributed by atoms with E-state index in [9.17, 15) is 18.0 Å². The van der Waals surface area contributed by atoms with Gasteiger partial charge in [0, 0.05) is 24.4 Å². The zero-order valence-electron chi connectivity index (χ0n) is 14.8. The van der Waals surface area contributed by atoms with Gasteiger partial charge in [0.1, 0.15) is 0 Å². The van der Waals surface area contributed by atoms with Crippen LogP contribution in [-0.2, 0) is 11.6 Å². The Balaban J connectivity index is 1.49. The van der Waals surface area contributed by atoms with Crippen molar-refractivity contribution < 1.29 is 27.6 Å². The van der Waals surface area contributed by atoms with Crippen LogP contribution in [0.3, 0.4) is 0 Å². The number of nitrogens with one attached hydrogen (secondary N) is 1. The fourth-order valence-corrected chi connectivity index (χ4v) is 4.23. The third kappa shape index (κ3) is 3.29. The smallest absolute Gasteiger partial charge is 0.419 e. The molecule has 0 unspecified atom stereocenters. The van der Waals surface area contributed by atoms with Crippen molar-refractivity contribution in [3.05, 3.63) is 23.8 Å². The summed E-state index contributed by atoms with van der Waals surface area (Å²) < 4.78 is 43.3. The minimum Gasteiger partial charge on any atom is -0.465 e. The summed E-state index contributed by atoms with van der Waals surface area (Å²) in [6, 6.07) is 0. The third-order valence-electron chi connectivity index (χ3n) is 6.08. The van der Waals surface area contributed by atoms with E-state index in [1.54, 1.807) is 0 Å². The predicted octanol–water partition coefficient (Wildman–Crippen LogP) is 3.41. The van der Waals surface area contributed by atoms with Gasteiger partial charge in [0.2, 0.25) is 17.5 Å². The molecule has 3 aliphatic rings. The van der Waals surface area contributed by atoms with Crippen LogP contribution < -0.4 is 5.32 Å². The summed E-state index contributed by atoms with van der Waals surface area (Å²) in [6.07, 6.45) is 0.799. The van der Waals surface area contributed by atoms with Crippen LogP contribution in [0, 0.1) is 5.41 Å². The molecular weight excluding hydrogens is 379 g/mol. The second-order valence-corrected chi connectivity index (χ2v) is 7.66. The fraction of sp³-hybridized carbons (Fsp3) is 0.588. The molecule has 0 atom stereocenters. The van der Waals surface area contributed by atoms with Crippen molar-refractivity contribution in [3.63, 3.8) is 0 Å². The number of amides is 1. The first-order valence-corrected chi connectivity index (χ1v) is 8.92. The zero-order valence-corrected chi connectivity index (χ0v) is 14.8. The van der Waals surface area contributed by atoms with Crippen LogP contribution >= 0.6 is 0 Å². The molecule has 0 saturated heterocycles. The first-order valence-electron chi connectivity index (χ1n) is 8.92. The Morgan fingerprint density at radius 2 is 1.71 bits per heavy atom. The van der Waals surface area contributed by atoms with Gasteiger partial charge in [-0.2, -0.15) is 18.2 Å². The number of carboxylic acid groups (broad SMARTS) is 1. The van der Waals surface area contributed by atoms with E-state index < -0.39 is 17.8 Å². The number of carbonyl (C=O) groups is 1. The number of hydrogen-bond acceptors (Lipinski definition) is 6. The number of halogens is 3. The van der Waals surface area contributed by atoms with E-state index in [-0.39, 0.29) is 22.5 Å². The number of rotatable bonds is 4. The highest BCUT2D eigenvalue weighted by molar-refractivity contribution is 5.64. The Kier molecular flexibility index (Phi) is 4.27. The normalized spacial score (nSPS) is 27.0. The molecule has 2 aromatic heterocycles. The summed E-state index contributed by atoms with van der Waals surface area (Å²) in [5, 5.41) is 15.2. The first kappa shape index (κ1) is 18.6. The minimum atomic E-state index is -4.51. The number of aromatic nitrogens is 4. The van der Waals surface area contributed by atoms with Crippen molar-refractivity contribution >= 4 is 6.09 Å². The highest BCUT2D eigenvalue weighted by atomic mass is 19.4. The molecule has 0 radical (unpaired) electrons. The Morgan fingerprint density at radius 1 is 1.11 bits per heavy atom. The molecule has 3 fully saturated rings. The molecule has 5 rings (SSSR count). The van der Waals surface area contributed by atoms with Gasteiger partial charge in [-0.05, 0) is 43.9 Å². The van der Waals surface area contributed by atoms with Crippen molar-refractivity contribution in [3.8, 4) is 11.6 Å². The summed E-state index contributed by atoms with van der Waals surface area (Å²) in [5.41, 5.74) is -1.24. The fourth-order valence-electron chi connectivity index (χ4n) is 4.23. The van der Waals surface area contributed by atoms with Gasteiger partial charge >= 0.3 is 12.3 Å². The topological polar surface area (TPSA) is 114 Å². The Morgan fingerprint density at radius 3 is 2.25 bits per heavy atom. The number of alkyl halides is 3. The van der Waals surface area contributed by atoms with Gasteiger partial charge in [0.05, 0.1) is 5.56 Å². The summed E-state index contributed by atoms with van der Waals surface area (Å²) in [6.45, 7) is 0.437. The van der Waals surface area contributed by atoms with Gasteiger partial charge in [-0.15, -0.1) is 0 Å². The highest BCUT2D eigenvalue weighted by Crippen LogP contribution is 2.57. The molecule has 2 aromatic rings. The highest BCUT2D eigenvalue weighted by Gasteiger charge is 2.52. The van der Waals surface area contributed by atoms with Crippen molar-refractivity contribution in [2.24, 2.45) is 5.41 Å². The molecule has 2 bridgehead atoms. The van der Waals surface area contributed by atoms with Crippen LogP contribution in [0.5, 0.6) is 0 Å². The Hall–Kier alpha value is -2.72. The van der Waals surface area contributed by atoms with Crippen LogP contribution in [0.25, 0.3) is 11.6 Å². The van der Waals surface area contributed by atoms with E-state index in [0.717, 1.165) is 38.5 Å². The molecule has 28 heavy (non-hydrogen) atoms. The van der Waals surface area contributed by atoms with Crippen LogP contribution in [0.2, 0.25) is 0 Å². The molecule has 2 N–H and O–H groups in total. The van der Waals surface area contributed by atoms with Gasteiger partial charge in [-0.25, -0.2) is 14.8 Å². The average Bonchev–Trinajstić information content (AvgIpc) is 3.18. The van der Waals surface area contributed by atoms with Crippen LogP contribution in [0.4, 0.5) is 18.0 Å². The van der Waals surface area contributed by atoms with Gasteiger partial charge in [-0.3, -0.25) is 0 Å². The van der Waals surface area contributed by atoms with Gasteiger partial charge in [0.15, 0.2) is 0 Å². The second kappa shape index (κ2) is 6.42. The Labute approximate surface area is 157 Å². The monoisotopic (exact) mass is 397 g/mol. The van der Waals surface area contributed by atoms with E-state index in [2.05, 4.69) is 25.4 Å². The minimum absolute atomic E-state index is 0.0222. The van der Waals surface area contributed by atoms with E-state index in [4.69, 9.17) is 9.63 Å². The van der Waals surface area contributed by atoms with Crippen molar-refractivity contribution in [2.45, 2.75) is 50.1 Å². The maximum Gasteiger partial charge on any atom is 0.419 e. The molecular formula is C17H18F3N5O3. The maximum atomic E-state index is 12.6. The van der Waals surface area contributed by atoms with Crippen LogP contribution in [-0.4, -0.2) is 37.9 Å². The average molecular weight is 397 g/mol. The summed E-state index contributed by atoms with van der Waals surface area (Å²) in [7, 11) is 0. The predicted molar refractivity (Wildman–Crippen MR) is 88.2 cm³/mol. The lowest BCUT2D eigenvalue weighted by atomic mass is 9.53. The van der Waals surface area contributed by atoms with E-state index in [1.165, 1.54) is 0 Å². The molecule has 150 valence electrons. The molecule has 8 nitrogen and oxygen atoms in total. The van der Waals surface area contributed by atoms with Crippen molar-refractivity contribution in [2.75, 3.05) is 6.54 Å².